The van der Waals surface area contributed by atoms with Gasteiger partial charge in [-0.3, -0.25) is 9.59 Å². The summed E-state index contributed by atoms with van der Waals surface area (Å²) >= 11 is 0. The maximum atomic E-state index is 9.43. The lowest BCUT2D eigenvalue weighted by Crippen LogP contribution is -2.16. The molecule has 6 nitrogen and oxygen atoms in total. The molecule has 1 rings (SSSR count). The fraction of sp³-hybridized carbons (Fsp3) is 0.714. The Bertz CT molecular complexity index is 139. The molecule has 0 saturated carbocycles. The minimum atomic E-state index is -1.31. The molecule has 0 radical (unpaired) electrons. The van der Waals surface area contributed by atoms with Crippen molar-refractivity contribution in [3.63, 3.8) is 0 Å². The molecule has 1 aliphatic rings. The van der Waals surface area contributed by atoms with Crippen LogP contribution >= 0.6 is 0 Å². The normalized spacial score (nSPS) is 15.4. The molecule has 76 valence electrons. The van der Waals surface area contributed by atoms with Gasteiger partial charge in [-0.05, 0) is 0 Å². The summed E-state index contributed by atoms with van der Waals surface area (Å²) < 4.78 is 9.89. The van der Waals surface area contributed by atoms with E-state index in [1.807, 2.05) is 0 Å². The minimum Gasteiger partial charge on any atom is -0.481 e. The molecule has 0 aliphatic carbocycles. The summed E-state index contributed by atoms with van der Waals surface area (Å²) in [5.74, 6) is -2.62. The Labute approximate surface area is 75.1 Å². The van der Waals surface area contributed by atoms with Gasteiger partial charge in [-0.2, -0.15) is 0 Å². The highest BCUT2D eigenvalue weighted by molar-refractivity contribution is 5.88. The Morgan fingerprint density at radius 2 is 1.23 bits per heavy atom. The lowest BCUT2D eigenvalue weighted by molar-refractivity contribution is -0.147. The first-order valence-electron chi connectivity index (χ1n) is 3.72. The lowest BCUT2D eigenvalue weighted by atomic mass is 10.5. The minimum absolute atomic E-state index is 0.778. The fourth-order valence-electron chi connectivity index (χ4n) is 0.569. The first-order valence-corrected chi connectivity index (χ1v) is 3.72. The fourth-order valence-corrected chi connectivity index (χ4v) is 0.569. The van der Waals surface area contributed by atoms with E-state index in [2.05, 4.69) is 0 Å². The van der Waals surface area contributed by atoms with Crippen molar-refractivity contribution in [3.05, 3.63) is 0 Å². The van der Waals surface area contributed by atoms with E-state index in [-0.39, 0.29) is 0 Å². The van der Waals surface area contributed by atoms with Crippen molar-refractivity contribution < 1.29 is 29.3 Å². The van der Waals surface area contributed by atoms with Crippen molar-refractivity contribution in [2.24, 2.45) is 0 Å². The van der Waals surface area contributed by atoms with Crippen LogP contribution in [0, 0.1) is 0 Å². The zero-order valence-electron chi connectivity index (χ0n) is 7.06. The first kappa shape index (κ1) is 11.9. The molecule has 1 aliphatic heterocycles. The third-order valence-electron chi connectivity index (χ3n) is 1.05. The summed E-state index contributed by atoms with van der Waals surface area (Å²) in [6.45, 7) is 3.11. The predicted octanol–water partition coefficient (Wildman–Crippen LogP) is -0.421. The second-order valence-corrected chi connectivity index (χ2v) is 2.19. The summed E-state index contributed by atoms with van der Waals surface area (Å²) in [5.41, 5.74) is 0. The summed E-state index contributed by atoms with van der Waals surface area (Å²) in [6, 6.07) is 0. The van der Waals surface area contributed by atoms with Gasteiger partial charge in [-0.25, -0.2) is 0 Å². The van der Waals surface area contributed by atoms with E-state index in [1.54, 1.807) is 0 Å². The largest absolute Gasteiger partial charge is 0.481 e. The van der Waals surface area contributed by atoms with Crippen LogP contribution < -0.4 is 0 Å². The van der Waals surface area contributed by atoms with Gasteiger partial charge in [0.25, 0.3) is 0 Å². The van der Waals surface area contributed by atoms with Crippen LogP contribution in [0.3, 0.4) is 0 Å². The molecule has 0 unspecified atom stereocenters. The molecular weight excluding hydrogens is 180 g/mol. The van der Waals surface area contributed by atoms with Crippen LogP contribution in [0.15, 0.2) is 0 Å². The number of carbonyl (C=O) groups is 2. The Morgan fingerprint density at radius 1 is 0.923 bits per heavy atom. The molecule has 1 fully saturated rings. The Kier molecular flexibility index (Phi) is 6.85. The summed E-state index contributed by atoms with van der Waals surface area (Å²) in [7, 11) is 0. The van der Waals surface area contributed by atoms with Crippen LogP contribution in [0.5, 0.6) is 0 Å². The Morgan fingerprint density at radius 3 is 1.31 bits per heavy atom. The van der Waals surface area contributed by atoms with Crippen molar-refractivity contribution in [2.75, 3.05) is 26.4 Å². The van der Waals surface area contributed by atoms with Gasteiger partial charge in [0.05, 0.1) is 26.4 Å². The van der Waals surface area contributed by atoms with E-state index in [4.69, 9.17) is 19.7 Å². The van der Waals surface area contributed by atoms with Crippen molar-refractivity contribution >= 4 is 11.9 Å². The highest BCUT2D eigenvalue weighted by atomic mass is 16.6. The number of aliphatic carboxylic acids is 2. The summed E-state index contributed by atoms with van der Waals surface area (Å²) in [4.78, 5) is 18.9. The molecule has 0 aromatic heterocycles. The van der Waals surface area contributed by atoms with Crippen LogP contribution in [0.4, 0.5) is 0 Å². The average Bonchev–Trinajstić information content (AvgIpc) is 2.06. The molecule has 0 spiro atoms. The third kappa shape index (κ3) is 10.9. The Hall–Kier alpha value is -1.14. The van der Waals surface area contributed by atoms with Gasteiger partial charge < -0.3 is 19.7 Å². The van der Waals surface area contributed by atoms with E-state index < -0.39 is 18.4 Å². The monoisotopic (exact) mass is 192 g/mol. The van der Waals surface area contributed by atoms with Crippen LogP contribution in [0.1, 0.15) is 6.42 Å². The molecule has 0 aromatic carbocycles. The maximum absolute atomic E-state index is 9.43. The zero-order valence-corrected chi connectivity index (χ0v) is 7.06. The van der Waals surface area contributed by atoms with Crippen LogP contribution in [0.2, 0.25) is 0 Å². The molecule has 0 atom stereocenters. The number of ether oxygens (including phenoxy) is 2. The van der Waals surface area contributed by atoms with E-state index in [1.165, 1.54) is 0 Å². The number of carboxylic acid groups (broad SMARTS) is 2. The molecule has 0 amide bonds. The van der Waals surface area contributed by atoms with Crippen molar-refractivity contribution in [2.45, 2.75) is 6.42 Å². The zero-order chi connectivity index (χ0) is 10.1. The second kappa shape index (κ2) is 7.51. The second-order valence-electron chi connectivity index (χ2n) is 2.19. The van der Waals surface area contributed by atoms with Crippen LogP contribution in [-0.4, -0.2) is 48.6 Å². The van der Waals surface area contributed by atoms with E-state index in [0.29, 0.717) is 0 Å². The van der Waals surface area contributed by atoms with Gasteiger partial charge in [0, 0.05) is 0 Å². The summed E-state index contributed by atoms with van der Waals surface area (Å²) in [5, 5.41) is 15.4. The van der Waals surface area contributed by atoms with Crippen LogP contribution in [-0.2, 0) is 19.1 Å². The molecule has 2 N–H and O–H groups in total. The topological polar surface area (TPSA) is 93.1 Å². The average molecular weight is 192 g/mol. The summed E-state index contributed by atoms with van der Waals surface area (Å²) in [6.07, 6.45) is -0.806. The molecule has 0 bridgehead atoms. The van der Waals surface area contributed by atoms with E-state index in [0.717, 1.165) is 26.4 Å². The molecular formula is C7H12O6. The standard InChI is InChI=1S/C4H8O2.C3H4O4/c1-2-6-4-3-5-1;4-2(5)1-3(6)7/h1-4H2;1H2,(H,4,5)(H,6,7). The third-order valence-corrected chi connectivity index (χ3v) is 1.05. The molecule has 1 saturated heterocycles. The van der Waals surface area contributed by atoms with E-state index in [9.17, 15) is 9.59 Å². The molecule has 1 heterocycles. The van der Waals surface area contributed by atoms with Crippen LogP contribution in [0.25, 0.3) is 0 Å². The maximum Gasteiger partial charge on any atom is 0.314 e. The Balaban J connectivity index is 0.000000223. The highest BCUT2D eigenvalue weighted by Gasteiger charge is 2.01. The van der Waals surface area contributed by atoms with Crippen molar-refractivity contribution in [1.82, 2.24) is 0 Å². The van der Waals surface area contributed by atoms with Gasteiger partial charge in [-0.15, -0.1) is 0 Å². The van der Waals surface area contributed by atoms with Gasteiger partial charge in [-0.1, -0.05) is 0 Å². The van der Waals surface area contributed by atoms with Gasteiger partial charge >= 0.3 is 11.9 Å². The number of carboxylic acids is 2. The number of hydrogen-bond acceptors (Lipinski definition) is 4. The molecule has 13 heavy (non-hydrogen) atoms. The smallest absolute Gasteiger partial charge is 0.314 e. The lowest BCUT2D eigenvalue weighted by Gasteiger charge is -2.09. The van der Waals surface area contributed by atoms with Crippen molar-refractivity contribution in [1.29, 1.82) is 0 Å². The SMILES string of the molecule is C1COCCO1.O=C(O)CC(=O)O. The number of rotatable bonds is 2. The first-order chi connectivity index (χ1) is 6.13. The quantitative estimate of drug-likeness (QED) is 0.577. The van der Waals surface area contributed by atoms with Gasteiger partial charge in [0.1, 0.15) is 6.42 Å². The predicted molar refractivity (Wildman–Crippen MR) is 41.5 cm³/mol. The molecule has 0 aromatic rings. The van der Waals surface area contributed by atoms with Gasteiger partial charge in [0.15, 0.2) is 0 Å². The molecule has 6 heteroatoms. The van der Waals surface area contributed by atoms with E-state index >= 15 is 0 Å². The van der Waals surface area contributed by atoms with Gasteiger partial charge in [0.2, 0.25) is 0 Å². The highest BCUT2D eigenvalue weighted by Crippen LogP contribution is 1.85. The number of hydrogen-bond donors (Lipinski definition) is 2. The van der Waals surface area contributed by atoms with Crippen molar-refractivity contribution in [3.8, 4) is 0 Å².